The van der Waals surface area contributed by atoms with Crippen LogP contribution in [0.4, 0.5) is 0 Å². The molecule has 0 aliphatic rings. The van der Waals surface area contributed by atoms with Crippen molar-refractivity contribution < 1.29 is 0 Å². The maximum Gasteiger partial charge on any atom is 0.0595 e. The third-order valence-electron chi connectivity index (χ3n) is 3.65. The highest BCUT2D eigenvalue weighted by molar-refractivity contribution is 6.42. The van der Waals surface area contributed by atoms with Crippen molar-refractivity contribution >= 4 is 23.2 Å². The van der Waals surface area contributed by atoms with Gasteiger partial charge in [-0.25, -0.2) is 0 Å². The van der Waals surface area contributed by atoms with Crippen LogP contribution in [0.1, 0.15) is 32.4 Å². The predicted molar refractivity (Wildman–Crippen MR) is 80.3 cm³/mol. The first-order valence-corrected chi connectivity index (χ1v) is 7.01. The molecule has 2 nitrogen and oxygen atoms in total. The molecule has 1 aromatic carbocycles. The monoisotopic (exact) mass is 288 g/mol. The van der Waals surface area contributed by atoms with E-state index in [1.165, 1.54) is 0 Å². The van der Waals surface area contributed by atoms with Crippen LogP contribution in [0.3, 0.4) is 0 Å². The highest BCUT2D eigenvalue weighted by Crippen LogP contribution is 2.29. The van der Waals surface area contributed by atoms with Crippen LogP contribution >= 0.6 is 23.2 Å². The average Bonchev–Trinajstić information content (AvgIpc) is 2.33. The van der Waals surface area contributed by atoms with Gasteiger partial charge >= 0.3 is 0 Å². The van der Waals surface area contributed by atoms with E-state index in [-0.39, 0.29) is 6.04 Å². The Kier molecular flexibility index (Phi) is 5.93. The summed E-state index contributed by atoms with van der Waals surface area (Å²) in [5.74, 6) is 0.576. The molecule has 1 rings (SSSR count). The van der Waals surface area contributed by atoms with Crippen molar-refractivity contribution in [3.05, 3.63) is 33.8 Å². The van der Waals surface area contributed by atoms with Gasteiger partial charge in [0, 0.05) is 18.6 Å². The fourth-order valence-electron chi connectivity index (χ4n) is 2.01. The van der Waals surface area contributed by atoms with E-state index in [0.717, 1.165) is 5.56 Å². The van der Waals surface area contributed by atoms with Gasteiger partial charge < -0.3 is 5.73 Å². The standard InChI is InChI=1S/C14H22Cl2N2/c1-9(2)10(3)18(4)14(8-17)11-5-6-12(15)13(16)7-11/h5-7,9-10,14H,8,17H2,1-4H3. The topological polar surface area (TPSA) is 29.3 Å². The van der Waals surface area contributed by atoms with E-state index in [9.17, 15) is 0 Å². The van der Waals surface area contributed by atoms with Crippen molar-refractivity contribution in [2.24, 2.45) is 11.7 Å². The molecule has 4 heteroatoms. The van der Waals surface area contributed by atoms with Crippen LogP contribution in [-0.2, 0) is 0 Å². The van der Waals surface area contributed by atoms with E-state index in [0.29, 0.717) is 28.5 Å². The Morgan fingerprint density at radius 2 is 1.78 bits per heavy atom. The quantitative estimate of drug-likeness (QED) is 0.888. The number of halogens is 2. The number of rotatable bonds is 5. The summed E-state index contributed by atoms with van der Waals surface area (Å²) >= 11 is 12.0. The van der Waals surface area contributed by atoms with Crippen LogP contribution in [0.25, 0.3) is 0 Å². The molecule has 0 spiro atoms. The second-order valence-electron chi connectivity index (χ2n) is 5.08. The normalized spacial score (nSPS) is 15.2. The Balaban J connectivity index is 2.98. The van der Waals surface area contributed by atoms with Gasteiger partial charge in [0.25, 0.3) is 0 Å². The molecule has 0 amide bonds. The average molecular weight is 289 g/mol. The number of nitrogens with zero attached hydrogens (tertiary/aromatic N) is 1. The molecular weight excluding hydrogens is 267 g/mol. The summed E-state index contributed by atoms with van der Waals surface area (Å²) in [6.45, 7) is 7.20. The molecule has 0 saturated carbocycles. The van der Waals surface area contributed by atoms with Crippen LogP contribution in [-0.4, -0.2) is 24.5 Å². The zero-order chi connectivity index (χ0) is 13.9. The zero-order valence-corrected chi connectivity index (χ0v) is 13.0. The summed E-state index contributed by atoms with van der Waals surface area (Å²) in [6, 6.07) is 6.35. The van der Waals surface area contributed by atoms with Gasteiger partial charge in [-0.15, -0.1) is 0 Å². The van der Waals surface area contributed by atoms with Crippen LogP contribution in [0, 0.1) is 5.92 Å². The number of nitrogens with two attached hydrogens (primary N) is 1. The lowest BCUT2D eigenvalue weighted by molar-refractivity contribution is 0.152. The van der Waals surface area contributed by atoms with Gasteiger partial charge in [0.15, 0.2) is 0 Å². The predicted octanol–water partition coefficient (Wildman–Crippen LogP) is 3.97. The maximum absolute atomic E-state index is 6.07. The molecule has 0 aliphatic carbocycles. The first kappa shape index (κ1) is 15.8. The summed E-state index contributed by atoms with van der Waals surface area (Å²) in [5, 5.41) is 1.16. The van der Waals surface area contributed by atoms with E-state index in [1.807, 2.05) is 18.2 Å². The lowest BCUT2D eigenvalue weighted by Gasteiger charge is -2.35. The Labute approximate surface area is 120 Å². The minimum Gasteiger partial charge on any atom is -0.329 e. The minimum absolute atomic E-state index is 0.164. The number of hydrogen-bond donors (Lipinski definition) is 1. The fourth-order valence-corrected chi connectivity index (χ4v) is 2.32. The van der Waals surface area contributed by atoms with Gasteiger partial charge in [-0.1, -0.05) is 43.1 Å². The molecule has 0 aliphatic heterocycles. The summed E-state index contributed by atoms with van der Waals surface area (Å²) in [4.78, 5) is 2.30. The van der Waals surface area contributed by atoms with Gasteiger partial charge in [-0.2, -0.15) is 0 Å². The fraction of sp³-hybridized carbons (Fsp3) is 0.571. The SMILES string of the molecule is CC(C)C(C)N(C)C(CN)c1ccc(Cl)c(Cl)c1. The van der Waals surface area contributed by atoms with E-state index in [1.54, 1.807) is 0 Å². The lowest BCUT2D eigenvalue weighted by Crippen LogP contribution is -2.39. The molecule has 0 aromatic heterocycles. The number of hydrogen-bond acceptors (Lipinski definition) is 2. The van der Waals surface area contributed by atoms with Gasteiger partial charge in [0.2, 0.25) is 0 Å². The molecule has 0 bridgehead atoms. The zero-order valence-electron chi connectivity index (χ0n) is 11.5. The molecule has 0 heterocycles. The largest absolute Gasteiger partial charge is 0.329 e. The summed E-state index contributed by atoms with van der Waals surface area (Å²) in [6.07, 6.45) is 0. The third kappa shape index (κ3) is 3.61. The number of likely N-dealkylation sites (N-methyl/N-ethyl adjacent to an activating group) is 1. The highest BCUT2D eigenvalue weighted by atomic mass is 35.5. The second kappa shape index (κ2) is 6.76. The van der Waals surface area contributed by atoms with Crippen molar-refractivity contribution in [2.75, 3.05) is 13.6 Å². The number of benzene rings is 1. The Morgan fingerprint density at radius 1 is 1.17 bits per heavy atom. The lowest BCUT2D eigenvalue weighted by atomic mass is 9.99. The Bertz CT molecular complexity index is 393. The summed E-state index contributed by atoms with van der Waals surface area (Å²) in [5.41, 5.74) is 7.03. The summed E-state index contributed by atoms with van der Waals surface area (Å²) in [7, 11) is 2.10. The molecule has 2 N–H and O–H groups in total. The first-order chi connectivity index (χ1) is 8.38. The second-order valence-corrected chi connectivity index (χ2v) is 5.89. The molecule has 1 aromatic rings. The van der Waals surface area contributed by atoms with E-state index >= 15 is 0 Å². The molecule has 102 valence electrons. The van der Waals surface area contributed by atoms with Crippen LogP contribution in [0.2, 0.25) is 10.0 Å². The Morgan fingerprint density at radius 3 is 2.22 bits per heavy atom. The van der Waals surface area contributed by atoms with Crippen molar-refractivity contribution in [1.82, 2.24) is 4.90 Å². The molecular formula is C14H22Cl2N2. The highest BCUT2D eigenvalue weighted by Gasteiger charge is 2.22. The van der Waals surface area contributed by atoms with Gasteiger partial charge in [-0.3, -0.25) is 4.90 Å². The molecule has 2 atom stereocenters. The third-order valence-corrected chi connectivity index (χ3v) is 4.39. The molecule has 0 radical (unpaired) electrons. The van der Waals surface area contributed by atoms with Gasteiger partial charge in [-0.05, 0) is 37.6 Å². The van der Waals surface area contributed by atoms with Crippen molar-refractivity contribution in [3.63, 3.8) is 0 Å². The van der Waals surface area contributed by atoms with Gasteiger partial charge in [0.05, 0.1) is 10.0 Å². The first-order valence-electron chi connectivity index (χ1n) is 6.25. The van der Waals surface area contributed by atoms with Crippen LogP contribution in [0.5, 0.6) is 0 Å². The smallest absolute Gasteiger partial charge is 0.0595 e. The van der Waals surface area contributed by atoms with Crippen molar-refractivity contribution in [2.45, 2.75) is 32.9 Å². The van der Waals surface area contributed by atoms with E-state index in [2.05, 4.69) is 32.7 Å². The minimum atomic E-state index is 0.164. The molecule has 0 saturated heterocycles. The van der Waals surface area contributed by atoms with Gasteiger partial charge in [0.1, 0.15) is 0 Å². The van der Waals surface area contributed by atoms with Crippen LogP contribution in [0.15, 0.2) is 18.2 Å². The van der Waals surface area contributed by atoms with E-state index in [4.69, 9.17) is 28.9 Å². The van der Waals surface area contributed by atoms with Crippen LogP contribution < -0.4 is 5.73 Å². The Hall–Kier alpha value is -0.280. The molecule has 0 fully saturated rings. The molecule has 18 heavy (non-hydrogen) atoms. The van der Waals surface area contributed by atoms with Crippen molar-refractivity contribution in [3.8, 4) is 0 Å². The molecule has 2 unspecified atom stereocenters. The summed E-state index contributed by atoms with van der Waals surface area (Å²) < 4.78 is 0. The van der Waals surface area contributed by atoms with Crippen molar-refractivity contribution in [1.29, 1.82) is 0 Å². The maximum atomic E-state index is 6.07. The van der Waals surface area contributed by atoms with E-state index < -0.39 is 0 Å².